The molecule has 1 aliphatic heterocycles. The van der Waals surface area contributed by atoms with Crippen LogP contribution in [0.25, 0.3) is 0 Å². The second-order valence-corrected chi connectivity index (χ2v) is 9.38. The predicted octanol–water partition coefficient (Wildman–Crippen LogP) is 3.70. The molecule has 0 bridgehead atoms. The Morgan fingerprint density at radius 2 is 1.97 bits per heavy atom. The molecule has 0 aromatic heterocycles. The van der Waals surface area contributed by atoms with Crippen LogP contribution in [0.2, 0.25) is 0 Å². The SMILES string of the molecule is COC[C@H](C)COCc1ccc([C@@]2(O)CCN(C(=O)OC(C)(C)C)C[C@@H]2CN=O)cc1. The molecule has 0 radical (unpaired) electrons. The normalized spacial score (nSPS) is 22.8. The Bertz CT molecular complexity index is 718. The van der Waals surface area contributed by atoms with Gasteiger partial charge in [-0.15, -0.1) is 0 Å². The smallest absolute Gasteiger partial charge is 0.410 e. The second kappa shape index (κ2) is 11.0. The van der Waals surface area contributed by atoms with E-state index in [4.69, 9.17) is 14.2 Å². The number of methoxy groups -OCH3 is 1. The molecule has 1 saturated heterocycles. The van der Waals surface area contributed by atoms with E-state index in [9.17, 15) is 14.8 Å². The van der Waals surface area contributed by atoms with Crippen LogP contribution in [-0.4, -0.2) is 61.7 Å². The molecule has 1 aromatic carbocycles. The number of nitroso groups, excluding NO2 is 1. The van der Waals surface area contributed by atoms with Gasteiger partial charge in [0.15, 0.2) is 0 Å². The van der Waals surface area contributed by atoms with Crippen LogP contribution < -0.4 is 0 Å². The van der Waals surface area contributed by atoms with Gasteiger partial charge in [-0.1, -0.05) is 36.4 Å². The minimum Gasteiger partial charge on any atom is -0.444 e. The summed E-state index contributed by atoms with van der Waals surface area (Å²) in [5.41, 5.74) is -0.143. The van der Waals surface area contributed by atoms with E-state index in [-0.39, 0.29) is 13.1 Å². The third kappa shape index (κ3) is 7.26. The molecule has 0 unspecified atom stereocenters. The maximum absolute atomic E-state index is 12.4. The van der Waals surface area contributed by atoms with Gasteiger partial charge >= 0.3 is 6.09 Å². The van der Waals surface area contributed by atoms with E-state index in [1.807, 2.05) is 24.3 Å². The zero-order valence-electron chi connectivity index (χ0n) is 19.3. The van der Waals surface area contributed by atoms with Crippen molar-refractivity contribution in [1.82, 2.24) is 4.90 Å². The zero-order valence-corrected chi connectivity index (χ0v) is 19.3. The number of hydrogen-bond acceptors (Lipinski definition) is 7. The van der Waals surface area contributed by atoms with Crippen molar-refractivity contribution < 1.29 is 24.1 Å². The first-order valence-corrected chi connectivity index (χ1v) is 10.7. The van der Waals surface area contributed by atoms with Crippen LogP contribution in [0, 0.1) is 16.7 Å². The summed E-state index contributed by atoms with van der Waals surface area (Å²) in [5.74, 6) is -0.194. The van der Waals surface area contributed by atoms with Crippen molar-refractivity contribution in [2.75, 3.05) is 40.0 Å². The number of piperidine rings is 1. The Kier molecular flexibility index (Phi) is 8.97. The Balaban J connectivity index is 2.04. The molecule has 2 rings (SSSR count). The fraction of sp³-hybridized carbons (Fsp3) is 0.696. The van der Waals surface area contributed by atoms with Gasteiger partial charge in [-0.3, -0.25) is 0 Å². The van der Waals surface area contributed by atoms with Crippen LogP contribution in [0.3, 0.4) is 0 Å². The number of carbonyl (C=O) groups excluding carboxylic acids is 1. The van der Waals surface area contributed by atoms with Crippen molar-refractivity contribution in [3.63, 3.8) is 0 Å². The number of nitrogens with zero attached hydrogens (tertiary/aromatic N) is 2. The number of likely N-dealkylation sites (tertiary alicyclic amines) is 1. The molecule has 8 heteroatoms. The van der Waals surface area contributed by atoms with Gasteiger partial charge in [0, 0.05) is 32.0 Å². The van der Waals surface area contributed by atoms with Crippen molar-refractivity contribution in [2.45, 2.75) is 51.9 Å². The van der Waals surface area contributed by atoms with Gasteiger partial charge in [-0.05, 0) is 38.3 Å². The second-order valence-electron chi connectivity index (χ2n) is 9.38. The summed E-state index contributed by atoms with van der Waals surface area (Å²) in [6.07, 6.45) is -0.141. The molecule has 8 nitrogen and oxygen atoms in total. The van der Waals surface area contributed by atoms with E-state index >= 15 is 0 Å². The molecule has 1 aromatic rings. The number of rotatable bonds is 9. The van der Waals surface area contributed by atoms with E-state index < -0.39 is 23.2 Å². The standard InChI is InChI=1S/C23H36N2O6/c1-17(14-29-5)15-30-16-18-6-8-19(9-7-18)23(27)10-11-25(13-20(23)12-24-28)21(26)31-22(2,3)4/h6-9,17,20,27H,10-16H2,1-5H3/t17-,20-,23-/m0/s1. The van der Waals surface area contributed by atoms with E-state index in [1.165, 1.54) is 0 Å². The van der Waals surface area contributed by atoms with E-state index in [0.717, 1.165) is 5.56 Å². The molecule has 0 spiro atoms. The Morgan fingerprint density at radius 3 is 2.55 bits per heavy atom. The highest BCUT2D eigenvalue weighted by atomic mass is 16.6. The monoisotopic (exact) mass is 436 g/mol. The lowest BCUT2D eigenvalue weighted by atomic mass is 9.76. The summed E-state index contributed by atoms with van der Waals surface area (Å²) in [6.45, 7) is 9.66. The summed E-state index contributed by atoms with van der Waals surface area (Å²) in [6, 6.07) is 7.55. The first kappa shape index (κ1) is 25.2. The van der Waals surface area contributed by atoms with Crippen molar-refractivity contribution in [3.05, 3.63) is 40.3 Å². The minimum atomic E-state index is -1.24. The van der Waals surface area contributed by atoms with Crippen molar-refractivity contribution >= 4 is 6.09 Å². The maximum Gasteiger partial charge on any atom is 0.410 e. The van der Waals surface area contributed by atoms with Crippen LogP contribution in [0.15, 0.2) is 29.4 Å². The highest BCUT2D eigenvalue weighted by Gasteiger charge is 2.44. The van der Waals surface area contributed by atoms with Crippen LogP contribution >= 0.6 is 0 Å². The molecule has 1 fully saturated rings. The molecular weight excluding hydrogens is 400 g/mol. The molecule has 1 aliphatic rings. The number of ether oxygens (including phenoxy) is 3. The van der Waals surface area contributed by atoms with Crippen molar-refractivity contribution in [1.29, 1.82) is 0 Å². The van der Waals surface area contributed by atoms with Crippen LogP contribution in [0.1, 0.15) is 45.2 Å². The minimum absolute atomic E-state index is 0.0853. The number of amides is 1. The zero-order chi connectivity index (χ0) is 23.1. The van der Waals surface area contributed by atoms with Gasteiger partial charge in [0.05, 0.1) is 32.0 Å². The Labute approximate surface area is 184 Å². The molecule has 1 heterocycles. The average Bonchev–Trinajstić information content (AvgIpc) is 2.69. The molecule has 1 amide bonds. The van der Waals surface area contributed by atoms with Gasteiger partial charge in [-0.25, -0.2) is 4.79 Å². The number of carbonyl (C=O) groups is 1. The average molecular weight is 437 g/mol. The molecular formula is C23H36N2O6. The molecule has 174 valence electrons. The summed E-state index contributed by atoms with van der Waals surface area (Å²) < 4.78 is 16.3. The highest BCUT2D eigenvalue weighted by Crippen LogP contribution is 2.38. The Hall–Kier alpha value is -2.03. The van der Waals surface area contributed by atoms with E-state index in [0.29, 0.717) is 44.3 Å². The number of hydrogen-bond donors (Lipinski definition) is 1. The molecule has 31 heavy (non-hydrogen) atoms. The predicted molar refractivity (Wildman–Crippen MR) is 118 cm³/mol. The molecule has 0 aliphatic carbocycles. The van der Waals surface area contributed by atoms with Crippen LogP contribution in [0.4, 0.5) is 4.79 Å². The fourth-order valence-corrected chi connectivity index (χ4v) is 3.79. The summed E-state index contributed by atoms with van der Waals surface area (Å²) in [4.78, 5) is 25.0. The highest BCUT2D eigenvalue weighted by molar-refractivity contribution is 5.68. The largest absolute Gasteiger partial charge is 0.444 e. The third-order valence-corrected chi connectivity index (χ3v) is 5.40. The van der Waals surface area contributed by atoms with Gasteiger partial charge in [0.25, 0.3) is 0 Å². The Morgan fingerprint density at radius 1 is 1.29 bits per heavy atom. The third-order valence-electron chi connectivity index (χ3n) is 5.40. The van der Waals surface area contributed by atoms with Crippen LogP contribution in [-0.2, 0) is 26.4 Å². The quantitative estimate of drug-likeness (QED) is 0.593. The summed E-state index contributed by atoms with van der Waals surface area (Å²) in [7, 11) is 1.67. The molecule has 3 atom stereocenters. The first-order valence-electron chi connectivity index (χ1n) is 10.7. The fourth-order valence-electron chi connectivity index (χ4n) is 3.79. The topological polar surface area (TPSA) is 97.7 Å². The lowest BCUT2D eigenvalue weighted by molar-refractivity contribution is -0.0763. The van der Waals surface area contributed by atoms with Gasteiger partial charge < -0.3 is 24.2 Å². The van der Waals surface area contributed by atoms with Crippen LogP contribution in [0.5, 0.6) is 0 Å². The van der Waals surface area contributed by atoms with E-state index in [2.05, 4.69) is 12.1 Å². The van der Waals surface area contributed by atoms with E-state index in [1.54, 1.807) is 32.8 Å². The van der Waals surface area contributed by atoms with Crippen molar-refractivity contribution in [3.8, 4) is 0 Å². The lowest BCUT2D eigenvalue weighted by Gasteiger charge is -2.44. The summed E-state index contributed by atoms with van der Waals surface area (Å²) in [5, 5.41) is 14.5. The van der Waals surface area contributed by atoms with Crippen molar-refractivity contribution in [2.24, 2.45) is 17.0 Å². The molecule has 0 saturated carbocycles. The lowest BCUT2D eigenvalue weighted by Crippen LogP contribution is -2.53. The molecule has 1 N–H and O–H groups in total. The summed E-state index contributed by atoms with van der Waals surface area (Å²) >= 11 is 0. The van der Waals surface area contributed by atoms with Gasteiger partial charge in [0.2, 0.25) is 0 Å². The number of aliphatic hydroxyl groups is 1. The number of benzene rings is 1. The van der Waals surface area contributed by atoms with Gasteiger partial charge in [0.1, 0.15) is 5.60 Å². The first-order chi connectivity index (χ1) is 14.6. The van der Waals surface area contributed by atoms with Gasteiger partial charge in [-0.2, -0.15) is 4.91 Å². The maximum atomic E-state index is 12.4.